The van der Waals surface area contributed by atoms with Gasteiger partial charge >= 0.3 is 6.18 Å². The minimum Gasteiger partial charge on any atom is -0.379 e. The molecule has 2 aromatic rings. The topological polar surface area (TPSA) is 20.2 Å². The summed E-state index contributed by atoms with van der Waals surface area (Å²) in [5, 5.41) is 3.87. The standard InChI is InChI=1S/C21H25F4N3/c1-4-6-15-11-16-18(7-5-8-20(16)28(15)13-21(23,24)25)26-19-10-9-14(27(2)3)12-17(19)22/h5,7-8,11,14,17,19,26H,9-10,12-13H2,1-3H3. The van der Waals surface area contributed by atoms with E-state index < -0.39 is 18.9 Å². The molecule has 0 bridgehead atoms. The fourth-order valence-electron chi connectivity index (χ4n) is 3.92. The third-order valence-electron chi connectivity index (χ3n) is 5.35. The molecule has 1 heterocycles. The molecular formula is C21H25F4N3. The van der Waals surface area contributed by atoms with Crippen LogP contribution in [-0.4, -0.2) is 48.0 Å². The number of fused-ring (bicyclic) bond motifs is 1. The number of nitrogens with zero attached hydrogens (tertiary/aromatic N) is 2. The Morgan fingerprint density at radius 1 is 1.25 bits per heavy atom. The molecule has 3 nitrogen and oxygen atoms in total. The maximum Gasteiger partial charge on any atom is 0.406 e. The van der Waals surface area contributed by atoms with E-state index in [0.29, 0.717) is 35.1 Å². The molecule has 1 fully saturated rings. The van der Waals surface area contributed by atoms with Crippen LogP contribution in [0.3, 0.4) is 0 Å². The average Bonchev–Trinajstić information content (AvgIpc) is 2.94. The van der Waals surface area contributed by atoms with Gasteiger partial charge in [-0.15, -0.1) is 0 Å². The van der Waals surface area contributed by atoms with Crippen molar-refractivity contribution in [1.29, 1.82) is 0 Å². The molecule has 0 spiro atoms. The Morgan fingerprint density at radius 2 is 2.00 bits per heavy atom. The van der Waals surface area contributed by atoms with Crippen molar-refractivity contribution in [3.8, 4) is 11.8 Å². The second-order valence-corrected chi connectivity index (χ2v) is 7.54. The van der Waals surface area contributed by atoms with Crippen LogP contribution in [0.1, 0.15) is 31.9 Å². The van der Waals surface area contributed by atoms with Gasteiger partial charge in [0.05, 0.1) is 17.3 Å². The van der Waals surface area contributed by atoms with E-state index in [1.54, 1.807) is 31.2 Å². The summed E-state index contributed by atoms with van der Waals surface area (Å²) in [7, 11) is 3.90. The van der Waals surface area contributed by atoms with Gasteiger partial charge in [-0.25, -0.2) is 4.39 Å². The van der Waals surface area contributed by atoms with E-state index in [2.05, 4.69) is 17.2 Å². The number of alkyl halides is 4. The zero-order valence-electron chi connectivity index (χ0n) is 16.3. The van der Waals surface area contributed by atoms with Crippen LogP contribution in [0.25, 0.3) is 10.9 Å². The molecule has 0 radical (unpaired) electrons. The molecule has 0 saturated heterocycles. The molecular weight excluding hydrogens is 370 g/mol. The fourth-order valence-corrected chi connectivity index (χ4v) is 3.92. The maximum atomic E-state index is 14.7. The molecule has 3 rings (SSSR count). The largest absolute Gasteiger partial charge is 0.406 e. The number of nitrogens with one attached hydrogen (secondary N) is 1. The molecule has 152 valence electrons. The van der Waals surface area contributed by atoms with Crippen molar-refractivity contribution in [2.45, 2.75) is 57.2 Å². The number of anilines is 1. The molecule has 0 aliphatic heterocycles. The summed E-state index contributed by atoms with van der Waals surface area (Å²) in [6, 6.07) is 6.63. The van der Waals surface area contributed by atoms with Gasteiger partial charge in [0.25, 0.3) is 0 Å². The zero-order valence-corrected chi connectivity index (χ0v) is 16.3. The summed E-state index contributed by atoms with van der Waals surface area (Å²) in [5.74, 6) is 5.42. The first-order valence-electron chi connectivity index (χ1n) is 9.38. The van der Waals surface area contributed by atoms with Crippen molar-refractivity contribution >= 4 is 16.6 Å². The van der Waals surface area contributed by atoms with Crippen LogP contribution in [0.4, 0.5) is 23.2 Å². The third-order valence-corrected chi connectivity index (χ3v) is 5.35. The van der Waals surface area contributed by atoms with Gasteiger partial charge in [0.1, 0.15) is 12.7 Å². The van der Waals surface area contributed by atoms with Gasteiger partial charge in [-0.1, -0.05) is 12.0 Å². The number of hydrogen-bond acceptors (Lipinski definition) is 2. The molecule has 1 aromatic heterocycles. The molecule has 1 N–H and O–H groups in total. The summed E-state index contributed by atoms with van der Waals surface area (Å²) in [5.41, 5.74) is 1.39. The van der Waals surface area contributed by atoms with Crippen LogP contribution in [0.2, 0.25) is 0 Å². The number of aromatic nitrogens is 1. The van der Waals surface area contributed by atoms with Crippen molar-refractivity contribution < 1.29 is 17.6 Å². The van der Waals surface area contributed by atoms with Crippen molar-refractivity contribution in [1.82, 2.24) is 9.47 Å². The van der Waals surface area contributed by atoms with Gasteiger partial charge in [-0.3, -0.25) is 0 Å². The lowest BCUT2D eigenvalue weighted by Crippen LogP contribution is -2.43. The first kappa shape index (κ1) is 20.5. The summed E-state index contributed by atoms with van der Waals surface area (Å²) >= 11 is 0. The minimum absolute atomic E-state index is 0.211. The maximum absolute atomic E-state index is 14.7. The highest BCUT2D eigenvalue weighted by Crippen LogP contribution is 2.33. The van der Waals surface area contributed by atoms with E-state index in [1.807, 2.05) is 19.0 Å². The summed E-state index contributed by atoms with van der Waals surface area (Å²) in [4.78, 5) is 2.04. The Morgan fingerprint density at radius 3 is 2.61 bits per heavy atom. The monoisotopic (exact) mass is 395 g/mol. The summed E-state index contributed by atoms with van der Waals surface area (Å²) < 4.78 is 55.0. The van der Waals surface area contributed by atoms with E-state index in [9.17, 15) is 17.6 Å². The van der Waals surface area contributed by atoms with Gasteiger partial charge < -0.3 is 14.8 Å². The predicted octanol–water partition coefficient (Wildman–Crippen LogP) is 4.81. The lowest BCUT2D eigenvalue weighted by atomic mass is 9.88. The summed E-state index contributed by atoms with van der Waals surface area (Å²) in [6.07, 6.45) is -3.37. The van der Waals surface area contributed by atoms with Crippen molar-refractivity contribution in [2.75, 3.05) is 19.4 Å². The Balaban J connectivity index is 1.92. The second kappa shape index (κ2) is 8.04. The molecule has 28 heavy (non-hydrogen) atoms. The fraction of sp³-hybridized carbons (Fsp3) is 0.524. The number of rotatable bonds is 4. The van der Waals surface area contributed by atoms with Crippen LogP contribution < -0.4 is 5.32 Å². The van der Waals surface area contributed by atoms with Gasteiger partial charge in [0.2, 0.25) is 0 Å². The van der Waals surface area contributed by atoms with E-state index in [1.165, 1.54) is 4.57 Å². The lowest BCUT2D eigenvalue weighted by molar-refractivity contribution is -0.140. The Bertz CT molecular complexity index is 889. The highest BCUT2D eigenvalue weighted by molar-refractivity contribution is 5.94. The number of benzene rings is 1. The molecule has 3 unspecified atom stereocenters. The van der Waals surface area contributed by atoms with Crippen molar-refractivity contribution in [2.24, 2.45) is 0 Å². The van der Waals surface area contributed by atoms with Crippen LogP contribution in [0.5, 0.6) is 0 Å². The highest BCUT2D eigenvalue weighted by Gasteiger charge is 2.32. The first-order valence-corrected chi connectivity index (χ1v) is 9.38. The van der Waals surface area contributed by atoms with E-state index in [4.69, 9.17) is 0 Å². The molecule has 7 heteroatoms. The van der Waals surface area contributed by atoms with Crippen LogP contribution in [0.15, 0.2) is 24.3 Å². The van der Waals surface area contributed by atoms with Gasteiger partial charge in [0.15, 0.2) is 0 Å². The van der Waals surface area contributed by atoms with Crippen molar-refractivity contribution in [3.05, 3.63) is 30.0 Å². The number of halogens is 4. The van der Waals surface area contributed by atoms with Crippen molar-refractivity contribution in [3.63, 3.8) is 0 Å². The molecule has 1 aliphatic carbocycles. The SMILES string of the molecule is CC#Cc1cc2c(NC3CCC(N(C)C)CC3F)cccc2n1CC(F)(F)F. The van der Waals surface area contributed by atoms with Gasteiger partial charge in [-0.05, 0) is 64.4 Å². The van der Waals surface area contributed by atoms with Crippen LogP contribution >= 0.6 is 0 Å². The first-order chi connectivity index (χ1) is 13.2. The zero-order chi connectivity index (χ0) is 20.5. The van der Waals surface area contributed by atoms with E-state index in [-0.39, 0.29) is 12.1 Å². The second-order valence-electron chi connectivity index (χ2n) is 7.54. The molecule has 1 aliphatic rings. The predicted molar refractivity (Wildman–Crippen MR) is 104 cm³/mol. The van der Waals surface area contributed by atoms with Crippen LogP contribution in [-0.2, 0) is 6.54 Å². The smallest absolute Gasteiger partial charge is 0.379 e. The van der Waals surface area contributed by atoms with Gasteiger partial charge in [-0.2, -0.15) is 13.2 Å². The Labute approximate surface area is 162 Å². The van der Waals surface area contributed by atoms with E-state index >= 15 is 0 Å². The minimum atomic E-state index is -4.35. The highest BCUT2D eigenvalue weighted by atomic mass is 19.4. The Hall–Kier alpha value is -2.20. The van der Waals surface area contributed by atoms with E-state index in [0.717, 1.165) is 6.42 Å². The molecule has 0 amide bonds. The summed E-state index contributed by atoms with van der Waals surface area (Å²) in [6.45, 7) is 0.481. The van der Waals surface area contributed by atoms with Crippen LogP contribution in [0, 0.1) is 11.8 Å². The molecule has 1 aromatic carbocycles. The molecule has 1 saturated carbocycles. The lowest BCUT2D eigenvalue weighted by Gasteiger charge is -2.36. The number of hydrogen-bond donors (Lipinski definition) is 1. The quantitative estimate of drug-likeness (QED) is 0.592. The third kappa shape index (κ3) is 4.44. The Kier molecular flexibility index (Phi) is 5.90. The van der Waals surface area contributed by atoms with Gasteiger partial charge in [0, 0.05) is 17.1 Å². The average molecular weight is 395 g/mol. The normalized spacial score (nSPS) is 22.9. The molecule has 3 atom stereocenters.